The van der Waals surface area contributed by atoms with E-state index in [0.29, 0.717) is 11.8 Å². The Hall–Kier alpha value is -0.0800. The van der Waals surface area contributed by atoms with Gasteiger partial charge in [-0.15, -0.1) is 0 Å². The van der Waals surface area contributed by atoms with Crippen LogP contribution in [0.15, 0.2) is 0 Å². The summed E-state index contributed by atoms with van der Waals surface area (Å²) in [6.07, 6.45) is 4.99. The summed E-state index contributed by atoms with van der Waals surface area (Å²) in [7, 11) is 0. The predicted molar refractivity (Wildman–Crippen MR) is 82.9 cm³/mol. The number of hydrogen-bond donors (Lipinski definition) is 1. The van der Waals surface area contributed by atoms with Crippen molar-refractivity contribution in [2.24, 2.45) is 17.6 Å². The van der Waals surface area contributed by atoms with Crippen molar-refractivity contribution in [1.29, 1.82) is 0 Å². The van der Waals surface area contributed by atoms with E-state index in [9.17, 15) is 0 Å². The fraction of sp³-hybridized carbons (Fsp3) is 1.00. The Labute approximate surface area is 115 Å². The van der Waals surface area contributed by atoms with Crippen molar-refractivity contribution < 1.29 is 0 Å². The molecule has 0 saturated heterocycles. The van der Waals surface area contributed by atoms with E-state index in [2.05, 4.69) is 46.4 Å². The fourth-order valence-electron chi connectivity index (χ4n) is 3.24. The van der Waals surface area contributed by atoms with Gasteiger partial charge >= 0.3 is 0 Å². The first-order valence-electron chi connectivity index (χ1n) is 7.87. The molecular weight excluding hydrogens is 220 g/mol. The average Bonchev–Trinajstić information content (AvgIpc) is 2.28. The van der Waals surface area contributed by atoms with E-state index in [-0.39, 0.29) is 5.54 Å². The minimum atomic E-state index is 0.215. The highest BCUT2D eigenvalue weighted by atomic mass is 15.2. The Bertz CT molecular complexity index is 189. The SMILES string of the molecule is CCCCN(CC)C(CN)(CC(C)C)CC(C)C. The Morgan fingerprint density at radius 3 is 1.78 bits per heavy atom. The molecule has 0 aliphatic rings. The maximum Gasteiger partial charge on any atom is 0.0336 e. The standard InChI is InChI=1S/C16H36N2/c1-7-9-10-18(8-2)16(13-17,11-14(3)4)12-15(5)6/h14-15H,7-13,17H2,1-6H3. The third-order valence-electron chi connectivity index (χ3n) is 3.79. The van der Waals surface area contributed by atoms with Crippen LogP contribution in [0.1, 0.15) is 67.2 Å². The van der Waals surface area contributed by atoms with Gasteiger partial charge in [0.1, 0.15) is 0 Å². The maximum absolute atomic E-state index is 6.21. The lowest BCUT2D eigenvalue weighted by molar-refractivity contribution is 0.0566. The summed E-state index contributed by atoms with van der Waals surface area (Å²) in [5.74, 6) is 1.42. The van der Waals surface area contributed by atoms with Crippen molar-refractivity contribution in [3.8, 4) is 0 Å². The van der Waals surface area contributed by atoms with Crippen molar-refractivity contribution in [1.82, 2.24) is 4.90 Å². The van der Waals surface area contributed by atoms with Crippen LogP contribution >= 0.6 is 0 Å². The van der Waals surface area contributed by atoms with E-state index >= 15 is 0 Å². The van der Waals surface area contributed by atoms with Crippen LogP contribution in [0.2, 0.25) is 0 Å². The average molecular weight is 256 g/mol. The third-order valence-corrected chi connectivity index (χ3v) is 3.79. The molecule has 0 saturated carbocycles. The van der Waals surface area contributed by atoms with Crippen molar-refractivity contribution in [2.45, 2.75) is 72.8 Å². The van der Waals surface area contributed by atoms with Crippen LogP contribution in [0.25, 0.3) is 0 Å². The van der Waals surface area contributed by atoms with Gasteiger partial charge in [0.25, 0.3) is 0 Å². The van der Waals surface area contributed by atoms with Crippen LogP contribution in [-0.4, -0.2) is 30.1 Å². The molecule has 0 radical (unpaired) electrons. The first-order chi connectivity index (χ1) is 8.41. The van der Waals surface area contributed by atoms with E-state index in [0.717, 1.165) is 13.1 Å². The summed E-state index contributed by atoms with van der Waals surface area (Å²) in [4.78, 5) is 2.65. The molecule has 18 heavy (non-hydrogen) atoms. The van der Waals surface area contributed by atoms with Crippen LogP contribution in [-0.2, 0) is 0 Å². The van der Waals surface area contributed by atoms with Gasteiger partial charge in [0.15, 0.2) is 0 Å². The van der Waals surface area contributed by atoms with Crippen LogP contribution < -0.4 is 5.73 Å². The smallest absolute Gasteiger partial charge is 0.0336 e. The molecule has 0 unspecified atom stereocenters. The Morgan fingerprint density at radius 2 is 1.50 bits per heavy atom. The summed E-state index contributed by atoms with van der Waals surface area (Å²) in [5, 5.41) is 0. The first-order valence-corrected chi connectivity index (χ1v) is 7.87. The monoisotopic (exact) mass is 256 g/mol. The number of nitrogens with zero attached hydrogens (tertiary/aromatic N) is 1. The Balaban J connectivity index is 4.96. The number of hydrogen-bond acceptors (Lipinski definition) is 2. The van der Waals surface area contributed by atoms with E-state index in [4.69, 9.17) is 5.73 Å². The maximum atomic E-state index is 6.21. The molecule has 0 aromatic rings. The fourth-order valence-corrected chi connectivity index (χ4v) is 3.24. The molecule has 0 heterocycles. The second-order valence-electron chi connectivity index (χ2n) is 6.56. The minimum Gasteiger partial charge on any atom is -0.329 e. The van der Waals surface area contributed by atoms with E-state index < -0.39 is 0 Å². The highest BCUT2D eigenvalue weighted by Crippen LogP contribution is 2.30. The van der Waals surface area contributed by atoms with Gasteiger partial charge in [-0.05, 0) is 44.2 Å². The predicted octanol–water partition coefficient (Wildman–Crippen LogP) is 3.90. The largest absolute Gasteiger partial charge is 0.329 e. The van der Waals surface area contributed by atoms with Gasteiger partial charge < -0.3 is 5.73 Å². The van der Waals surface area contributed by atoms with Gasteiger partial charge in [0.05, 0.1) is 0 Å². The van der Waals surface area contributed by atoms with E-state index in [1.165, 1.54) is 32.2 Å². The van der Waals surface area contributed by atoms with Crippen LogP contribution in [0.4, 0.5) is 0 Å². The van der Waals surface area contributed by atoms with Crippen molar-refractivity contribution in [2.75, 3.05) is 19.6 Å². The summed E-state index contributed by atoms with van der Waals surface area (Å²) >= 11 is 0. The molecule has 0 aliphatic carbocycles. The lowest BCUT2D eigenvalue weighted by atomic mass is 9.80. The molecule has 0 fully saturated rings. The number of nitrogens with two attached hydrogens (primary N) is 1. The quantitative estimate of drug-likeness (QED) is 0.642. The minimum absolute atomic E-state index is 0.215. The molecule has 0 aromatic heterocycles. The van der Waals surface area contributed by atoms with Gasteiger partial charge in [0, 0.05) is 12.1 Å². The zero-order valence-corrected chi connectivity index (χ0v) is 13.6. The number of rotatable bonds is 10. The van der Waals surface area contributed by atoms with Crippen molar-refractivity contribution >= 4 is 0 Å². The molecular formula is C16H36N2. The molecule has 0 amide bonds. The Kier molecular flexibility index (Phi) is 8.89. The molecule has 2 nitrogen and oxygen atoms in total. The van der Waals surface area contributed by atoms with Gasteiger partial charge in [-0.1, -0.05) is 48.0 Å². The zero-order valence-electron chi connectivity index (χ0n) is 13.6. The third kappa shape index (κ3) is 5.71. The van der Waals surface area contributed by atoms with E-state index in [1.807, 2.05) is 0 Å². The molecule has 2 heteroatoms. The van der Waals surface area contributed by atoms with E-state index in [1.54, 1.807) is 0 Å². The van der Waals surface area contributed by atoms with Gasteiger partial charge in [0.2, 0.25) is 0 Å². The highest BCUT2D eigenvalue weighted by molar-refractivity contribution is 4.93. The Morgan fingerprint density at radius 1 is 1.00 bits per heavy atom. The molecule has 2 N–H and O–H groups in total. The van der Waals surface area contributed by atoms with Crippen LogP contribution in [0.3, 0.4) is 0 Å². The first kappa shape index (κ1) is 17.9. The normalized spacial score (nSPS) is 13.0. The summed E-state index contributed by atoms with van der Waals surface area (Å²) < 4.78 is 0. The molecule has 0 spiro atoms. The number of unbranched alkanes of at least 4 members (excludes halogenated alkanes) is 1. The summed E-state index contributed by atoms with van der Waals surface area (Å²) in [5.41, 5.74) is 6.43. The van der Waals surface area contributed by atoms with Crippen molar-refractivity contribution in [3.05, 3.63) is 0 Å². The number of likely N-dealkylation sites (N-methyl/N-ethyl adjacent to an activating group) is 1. The molecule has 0 bridgehead atoms. The van der Waals surface area contributed by atoms with Crippen LogP contribution in [0.5, 0.6) is 0 Å². The second-order valence-corrected chi connectivity index (χ2v) is 6.56. The van der Waals surface area contributed by atoms with Gasteiger partial charge in [-0.25, -0.2) is 0 Å². The molecule has 0 rings (SSSR count). The zero-order chi connectivity index (χ0) is 14.2. The molecule has 0 aromatic carbocycles. The molecule has 110 valence electrons. The van der Waals surface area contributed by atoms with Crippen LogP contribution in [0, 0.1) is 11.8 Å². The van der Waals surface area contributed by atoms with Gasteiger partial charge in [-0.2, -0.15) is 0 Å². The molecule has 0 atom stereocenters. The molecule has 0 aliphatic heterocycles. The lowest BCUT2D eigenvalue weighted by Gasteiger charge is -2.45. The second kappa shape index (κ2) is 8.92. The highest BCUT2D eigenvalue weighted by Gasteiger charge is 2.35. The van der Waals surface area contributed by atoms with Gasteiger partial charge in [-0.3, -0.25) is 4.90 Å². The topological polar surface area (TPSA) is 29.3 Å². The lowest BCUT2D eigenvalue weighted by Crippen LogP contribution is -2.55. The van der Waals surface area contributed by atoms with Crippen molar-refractivity contribution in [3.63, 3.8) is 0 Å². The summed E-state index contributed by atoms with van der Waals surface area (Å²) in [6, 6.07) is 0. The summed E-state index contributed by atoms with van der Waals surface area (Å²) in [6.45, 7) is 16.9.